The summed E-state index contributed by atoms with van der Waals surface area (Å²) in [5.74, 6) is 0.835. The Morgan fingerprint density at radius 2 is 2.14 bits per heavy atom. The van der Waals surface area contributed by atoms with Gasteiger partial charge in [-0.3, -0.25) is 14.7 Å². The van der Waals surface area contributed by atoms with Gasteiger partial charge >= 0.3 is 0 Å². The summed E-state index contributed by atoms with van der Waals surface area (Å²) >= 11 is 1.49. The number of amides is 1. The van der Waals surface area contributed by atoms with Crippen molar-refractivity contribution >= 4 is 23.1 Å². The van der Waals surface area contributed by atoms with E-state index in [1.807, 2.05) is 23.6 Å². The van der Waals surface area contributed by atoms with Crippen molar-refractivity contribution in [3.63, 3.8) is 0 Å². The van der Waals surface area contributed by atoms with Gasteiger partial charge in [0, 0.05) is 43.0 Å². The smallest absolute Gasteiger partial charge is 0.239 e. The summed E-state index contributed by atoms with van der Waals surface area (Å²) in [6, 6.07) is 7.82. The summed E-state index contributed by atoms with van der Waals surface area (Å²) in [6.45, 7) is 2.16. The fraction of sp³-hybridized carbons (Fsp3) is 0.350. The van der Waals surface area contributed by atoms with E-state index in [-0.39, 0.29) is 5.91 Å². The molecule has 29 heavy (non-hydrogen) atoms. The fourth-order valence-electron chi connectivity index (χ4n) is 3.34. The molecule has 1 aliphatic heterocycles. The zero-order valence-corrected chi connectivity index (χ0v) is 17.3. The molecule has 1 fully saturated rings. The summed E-state index contributed by atoms with van der Waals surface area (Å²) in [5.41, 5.74) is 1.31. The molecule has 0 saturated carbocycles. The van der Waals surface area contributed by atoms with Crippen LogP contribution in [0.4, 0.5) is 5.82 Å². The number of aromatic nitrogens is 4. The van der Waals surface area contributed by atoms with Crippen LogP contribution >= 0.6 is 11.3 Å². The minimum atomic E-state index is -0.0832. The highest BCUT2D eigenvalue weighted by atomic mass is 32.1. The normalized spacial score (nSPS) is 17.0. The van der Waals surface area contributed by atoms with E-state index >= 15 is 0 Å². The van der Waals surface area contributed by atoms with Crippen LogP contribution in [0.2, 0.25) is 0 Å². The fourth-order valence-corrected chi connectivity index (χ4v) is 3.94. The molecule has 1 N–H and O–H groups in total. The van der Waals surface area contributed by atoms with Gasteiger partial charge in [0.15, 0.2) is 5.82 Å². The standard InChI is InChI=1S/C20H23N7OS/c1-26(2)14-6-9-27(12-14)13-18(28)24-17-11-16(20-22-8-10-29-20)23-19(25-17)15-5-3-4-7-21-15/h3-5,7-8,10-11,14H,6,9,12-13H2,1-2H3,(H,23,24,25,28). The van der Waals surface area contributed by atoms with E-state index in [1.54, 1.807) is 18.5 Å². The molecule has 3 aromatic heterocycles. The van der Waals surface area contributed by atoms with Gasteiger partial charge < -0.3 is 10.2 Å². The van der Waals surface area contributed by atoms with Crippen LogP contribution in [0.3, 0.4) is 0 Å². The van der Waals surface area contributed by atoms with Crippen LogP contribution < -0.4 is 5.32 Å². The lowest BCUT2D eigenvalue weighted by Crippen LogP contribution is -2.35. The second kappa shape index (κ2) is 8.73. The molecule has 4 rings (SSSR count). The second-order valence-corrected chi connectivity index (χ2v) is 8.10. The van der Waals surface area contributed by atoms with Gasteiger partial charge in [-0.05, 0) is 32.6 Å². The largest absolute Gasteiger partial charge is 0.309 e. The predicted molar refractivity (Wildman–Crippen MR) is 114 cm³/mol. The van der Waals surface area contributed by atoms with Crippen molar-refractivity contribution in [2.75, 3.05) is 39.0 Å². The van der Waals surface area contributed by atoms with E-state index in [2.05, 4.69) is 49.1 Å². The van der Waals surface area contributed by atoms with Crippen LogP contribution in [-0.4, -0.2) is 75.4 Å². The minimum absolute atomic E-state index is 0.0832. The van der Waals surface area contributed by atoms with Crippen LogP contribution in [0.25, 0.3) is 22.2 Å². The van der Waals surface area contributed by atoms with Gasteiger partial charge in [0.25, 0.3) is 0 Å². The molecule has 0 bridgehead atoms. The van der Waals surface area contributed by atoms with Crippen LogP contribution in [-0.2, 0) is 4.79 Å². The SMILES string of the molecule is CN(C)C1CCN(CC(=O)Nc2cc(-c3nccs3)nc(-c3ccccn3)n2)C1. The van der Waals surface area contributed by atoms with Crippen molar-refractivity contribution in [2.24, 2.45) is 0 Å². The first-order valence-corrected chi connectivity index (χ1v) is 10.4. The number of likely N-dealkylation sites (tertiary alicyclic amines) is 1. The van der Waals surface area contributed by atoms with E-state index in [0.29, 0.717) is 35.6 Å². The Morgan fingerprint density at radius 3 is 2.83 bits per heavy atom. The Hall–Kier alpha value is -2.75. The number of anilines is 1. The van der Waals surface area contributed by atoms with Crippen LogP contribution in [0.5, 0.6) is 0 Å². The maximum absolute atomic E-state index is 12.6. The molecule has 9 heteroatoms. The van der Waals surface area contributed by atoms with Crippen LogP contribution in [0.1, 0.15) is 6.42 Å². The average Bonchev–Trinajstić information content (AvgIpc) is 3.40. The van der Waals surface area contributed by atoms with E-state index in [1.165, 1.54) is 11.3 Å². The highest BCUT2D eigenvalue weighted by Crippen LogP contribution is 2.25. The Labute approximate surface area is 173 Å². The Morgan fingerprint density at radius 1 is 1.24 bits per heavy atom. The first-order valence-electron chi connectivity index (χ1n) is 9.47. The lowest BCUT2D eigenvalue weighted by molar-refractivity contribution is -0.117. The van der Waals surface area contributed by atoms with Crippen molar-refractivity contribution in [2.45, 2.75) is 12.5 Å². The summed E-state index contributed by atoms with van der Waals surface area (Å²) in [7, 11) is 4.16. The monoisotopic (exact) mass is 409 g/mol. The van der Waals surface area contributed by atoms with Gasteiger partial charge in [-0.15, -0.1) is 11.3 Å². The maximum Gasteiger partial charge on any atom is 0.239 e. The van der Waals surface area contributed by atoms with Crippen LogP contribution in [0, 0.1) is 0 Å². The van der Waals surface area contributed by atoms with E-state index < -0.39 is 0 Å². The molecule has 1 saturated heterocycles. The first kappa shape index (κ1) is 19.6. The number of rotatable bonds is 6. The average molecular weight is 410 g/mol. The zero-order valence-electron chi connectivity index (χ0n) is 16.4. The Bertz CT molecular complexity index is 962. The molecule has 1 amide bonds. The molecule has 1 unspecified atom stereocenters. The van der Waals surface area contributed by atoms with Crippen molar-refractivity contribution in [3.8, 4) is 22.2 Å². The Kier molecular flexibility index (Phi) is 5.89. The highest BCUT2D eigenvalue weighted by Gasteiger charge is 2.25. The van der Waals surface area contributed by atoms with Gasteiger partial charge in [-0.25, -0.2) is 15.0 Å². The summed E-state index contributed by atoms with van der Waals surface area (Å²) in [4.78, 5) is 34.8. The molecule has 0 spiro atoms. The minimum Gasteiger partial charge on any atom is -0.309 e. The molecular weight excluding hydrogens is 386 g/mol. The number of nitrogens with zero attached hydrogens (tertiary/aromatic N) is 6. The topological polar surface area (TPSA) is 87.1 Å². The molecule has 0 aromatic carbocycles. The van der Waals surface area contributed by atoms with Crippen LogP contribution in [0.15, 0.2) is 42.0 Å². The van der Waals surface area contributed by atoms with Gasteiger partial charge in [0.1, 0.15) is 22.2 Å². The third-order valence-corrected chi connectivity index (χ3v) is 5.68. The third-order valence-electron chi connectivity index (χ3n) is 4.88. The number of hydrogen-bond acceptors (Lipinski definition) is 8. The first-order chi connectivity index (χ1) is 14.1. The molecule has 150 valence electrons. The number of nitrogens with one attached hydrogen (secondary N) is 1. The molecule has 1 atom stereocenters. The van der Waals surface area contributed by atoms with Crippen molar-refractivity contribution in [1.29, 1.82) is 0 Å². The number of likely N-dealkylation sites (N-methyl/N-ethyl adjacent to an activating group) is 1. The quantitative estimate of drug-likeness (QED) is 0.668. The number of hydrogen-bond donors (Lipinski definition) is 1. The molecular formula is C20H23N7OS. The maximum atomic E-state index is 12.6. The van der Waals surface area contributed by atoms with E-state index in [9.17, 15) is 4.79 Å². The van der Waals surface area contributed by atoms with Crippen molar-refractivity contribution in [1.82, 2.24) is 29.7 Å². The Balaban J connectivity index is 1.53. The predicted octanol–water partition coefficient (Wildman–Crippen LogP) is 2.24. The number of carbonyl (C=O) groups excluding carboxylic acids is 1. The third kappa shape index (κ3) is 4.81. The highest BCUT2D eigenvalue weighted by molar-refractivity contribution is 7.13. The molecule has 1 aliphatic rings. The number of thiazole rings is 1. The second-order valence-electron chi connectivity index (χ2n) is 7.20. The van der Waals surface area contributed by atoms with E-state index in [4.69, 9.17) is 0 Å². The molecule has 0 aliphatic carbocycles. The van der Waals surface area contributed by atoms with Crippen molar-refractivity contribution < 1.29 is 4.79 Å². The van der Waals surface area contributed by atoms with Gasteiger partial charge in [0.2, 0.25) is 5.91 Å². The lowest BCUT2D eigenvalue weighted by atomic mass is 10.2. The van der Waals surface area contributed by atoms with Gasteiger partial charge in [-0.1, -0.05) is 6.07 Å². The molecule has 4 heterocycles. The summed E-state index contributed by atoms with van der Waals surface area (Å²) in [5, 5.41) is 5.59. The summed E-state index contributed by atoms with van der Waals surface area (Å²) < 4.78 is 0. The summed E-state index contributed by atoms with van der Waals surface area (Å²) in [6.07, 6.45) is 4.50. The molecule has 3 aromatic rings. The number of pyridine rings is 1. The molecule has 8 nitrogen and oxygen atoms in total. The van der Waals surface area contributed by atoms with Crippen molar-refractivity contribution in [3.05, 3.63) is 42.0 Å². The van der Waals surface area contributed by atoms with Gasteiger partial charge in [0.05, 0.1) is 6.54 Å². The van der Waals surface area contributed by atoms with E-state index in [0.717, 1.165) is 24.5 Å². The number of carbonyl (C=O) groups is 1. The zero-order chi connectivity index (χ0) is 20.2. The lowest BCUT2D eigenvalue weighted by Gasteiger charge is -2.20. The van der Waals surface area contributed by atoms with Gasteiger partial charge in [-0.2, -0.15) is 0 Å². The molecule has 0 radical (unpaired) electrons.